The normalized spacial score (nSPS) is 45.9. The topological polar surface area (TPSA) is 206 Å². The van der Waals surface area contributed by atoms with Crippen LogP contribution in [0.5, 0.6) is 0 Å². The number of carbonyl (C=O) groups excluding carboxylic acids is 2. The Bertz CT molecular complexity index is 1850. The Balaban J connectivity index is 1.04. The maximum absolute atomic E-state index is 14.3. The van der Waals surface area contributed by atoms with Gasteiger partial charge >= 0.3 is 12.1 Å². The highest BCUT2D eigenvalue weighted by Gasteiger charge is 2.60. The van der Waals surface area contributed by atoms with Crippen molar-refractivity contribution in [2.75, 3.05) is 34.0 Å². The van der Waals surface area contributed by atoms with Gasteiger partial charge in [-0.3, -0.25) is 4.79 Å². The molecule has 0 saturated carbocycles. The molecule has 0 aromatic carbocycles. The molecular formula is C51H78O17. The Hall–Kier alpha value is -2.78. The molecular weight excluding hydrogens is 885 g/mol. The van der Waals surface area contributed by atoms with E-state index in [1.807, 2.05) is 32.9 Å². The SMILES string of the molecule is CC[C@H](C)[C@H]1O[C@]2(CC[C@@H]1C)C[C@@H]1C[C@@H](C/C=C(\C)[C@@H](OC(=O)OCCO[C@H]3C[C@H](OC)[C@@H](O[C@H]4C[C@H](OC)[C@@H](O)[C@H](C)O4)[C@H](C)O3)[C@@H](C)/C=C/C=C3\CO[C@@H]4[C@H](O)C(C)=C[C@@H](C(=O)O1)[C@]34O)O2. The van der Waals surface area contributed by atoms with E-state index in [0.717, 1.165) is 18.4 Å². The molecule has 3 N–H and O–H groups in total. The van der Waals surface area contributed by atoms with E-state index in [-0.39, 0.29) is 37.8 Å². The van der Waals surface area contributed by atoms with Gasteiger partial charge in [0.1, 0.15) is 54.7 Å². The number of fused-ring (bicyclic) bond motifs is 2. The summed E-state index contributed by atoms with van der Waals surface area (Å²) in [6.45, 7) is 15.6. The molecule has 1 spiro atoms. The summed E-state index contributed by atoms with van der Waals surface area (Å²) in [5, 5.41) is 34.0. The van der Waals surface area contributed by atoms with Gasteiger partial charge < -0.3 is 72.2 Å². The molecule has 5 fully saturated rings. The maximum atomic E-state index is 14.3. The highest BCUT2D eigenvalue weighted by Crippen LogP contribution is 2.48. The summed E-state index contributed by atoms with van der Waals surface area (Å²) in [5.74, 6) is -2.50. The lowest BCUT2D eigenvalue weighted by Gasteiger charge is -2.51. The van der Waals surface area contributed by atoms with Crippen molar-refractivity contribution in [1.29, 1.82) is 0 Å². The minimum atomic E-state index is -1.87. The van der Waals surface area contributed by atoms with Gasteiger partial charge in [-0.1, -0.05) is 64.5 Å². The van der Waals surface area contributed by atoms with Crippen molar-refractivity contribution in [3.63, 3.8) is 0 Å². The number of carbonyl (C=O) groups is 2. The molecule has 68 heavy (non-hydrogen) atoms. The molecule has 6 heterocycles. The molecule has 384 valence electrons. The van der Waals surface area contributed by atoms with Crippen LogP contribution >= 0.6 is 0 Å². The summed E-state index contributed by atoms with van der Waals surface area (Å²) in [6.07, 6.45) is 4.02. The van der Waals surface area contributed by atoms with Crippen LogP contribution in [0.15, 0.2) is 47.1 Å². The lowest BCUT2D eigenvalue weighted by atomic mass is 9.71. The van der Waals surface area contributed by atoms with Gasteiger partial charge in [-0.25, -0.2) is 4.79 Å². The molecule has 0 unspecified atom stereocenters. The van der Waals surface area contributed by atoms with Gasteiger partial charge in [-0.05, 0) is 69.1 Å². The quantitative estimate of drug-likeness (QED) is 0.128. The zero-order valence-corrected chi connectivity index (χ0v) is 41.6. The second kappa shape index (κ2) is 22.7. The third-order valence-corrected chi connectivity index (χ3v) is 15.5. The van der Waals surface area contributed by atoms with E-state index in [1.165, 1.54) is 0 Å². The van der Waals surface area contributed by atoms with E-state index in [0.29, 0.717) is 55.6 Å². The van der Waals surface area contributed by atoms with Crippen LogP contribution < -0.4 is 0 Å². The van der Waals surface area contributed by atoms with Crippen molar-refractivity contribution in [1.82, 2.24) is 0 Å². The van der Waals surface area contributed by atoms with Crippen LogP contribution in [0, 0.1) is 23.7 Å². The van der Waals surface area contributed by atoms with Gasteiger partial charge in [0.2, 0.25) is 0 Å². The second-order valence-corrected chi connectivity index (χ2v) is 20.3. The lowest BCUT2D eigenvalue weighted by Crippen LogP contribution is -2.58. The molecule has 1 aliphatic carbocycles. The van der Waals surface area contributed by atoms with Crippen molar-refractivity contribution in [3.8, 4) is 0 Å². The fraction of sp³-hybridized carbons (Fsp3) is 0.804. The number of esters is 1. The van der Waals surface area contributed by atoms with Gasteiger partial charge in [0.15, 0.2) is 18.4 Å². The number of hydrogen-bond donors (Lipinski definition) is 3. The fourth-order valence-corrected chi connectivity index (χ4v) is 11.2. The molecule has 0 amide bonds. The highest BCUT2D eigenvalue weighted by atomic mass is 16.8. The zero-order chi connectivity index (χ0) is 49.1. The standard InChI is InChI=1S/C51H78O17/c1-11-27(2)45-30(5)17-18-50(68-45)25-36-22-35(67-50)16-15-29(4)44(28(3)13-12-14-34-26-61-47-42(52)31(6)21-37(48(54)64-36)51(34,47)56)66-49(55)60-20-19-59-40-24-39(58-10)46(33(8)63-40)65-41-23-38(57-9)43(53)32(7)62-41/h12-15,21,27-28,30,32-33,35-47,52-53,56H,11,16-20,22-26H2,1-10H3/b13-12+,29-15+,34-14+/t27-,28-,30-,32-,33-,35+,36-,37-,38-,39-,40+,41-,42+,43-,44-,45+,46-,47+,50+,51+/m0/s1. The Morgan fingerprint density at radius 3 is 2.41 bits per heavy atom. The first-order chi connectivity index (χ1) is 32.4. The number of allylic oxidation sites excluding steroid dienone is 2. The van der Waals surface area contributed by atoms with Crippen LogP contribution in [-0.4, -0.2) is 159 Å². The van der Waals surface area contributed by atoms with Crippen LogP contribution in [0.1, 0.15) is 107 Å². The Morgan fingerprint density at radius 1 is 0.941 bits per heavy atom. The summed E-state index contributed by atoms with van der Waals surface area (Å²) in [5.41, 5.74) is -0.180. The summed E-state index contributed by atoms with van der Waals surface area (Å²) in [7, 11) is 3.14. The Morgan fingerprint density at radius 2 is 1.68 bits per heavy atom. The molecule has 6 aliphatic heterocycles. The van der Waals surface area contributed by atoms with Crippen LogP contribution in [-0.2, 0) is 61.6 Å². The number of methoxy groups -OCH3 is 2. The second-order valence-electron chi connectivity index (χ2n) is 20.3. The van der Waals surface area contributed by atoms with Crippen molar-refractivity contribution in [2.24, 2.45) is 23.7 Å². The first kappa shape index (κ1) is 53.0. The average molecular weight is 963 g/mol. The lowest BCUT2D eigenvalue weighted by molar-refractivity contribution is -0.340. The maximum Gasteiger partial charge on any atom is 0.508 e. The molecule has 0 aromatic heterocycles. The third-order valence-electron chi connectivity index (χ3n) is 15.5. The van der Waals surface area contributed by atoms with E-state index in [1.54, 1.807) is 46.3 Å². The van der Waals surface area contributed by atoms with E-state index in [4.69, 9.17) is 56.8 Å². The minimum absolute atomic E-state index is 0.0122. The van der Waals surface area contributed by atoms with Crippen LogP contribution in [0.4, 0.5) is 4.79 Å². The average Bonchev–Trinajstić information content (AvgIpc) is 3.65. The van der Waals surface area contributed by atoms with E-state index in [2.05, 4.69) is 20.8 Å². The third kappa shape index (κ3) is 11.6. The molecule has 17 nitrogen and oxygen atoms in total. The monoisotopic (exact) mass is 963 g/mol. The molecule has 20 atom stereocenters. The number of aliphatic hydroxyl groups excluding tert-OH is 2. The Labute approximate surface area is 401 Å². The summed E-state index contributed by atoms with van der Waals surface area (Å²) >= 11 is 0. The van der Waals surface area contributed by atoms with Gasteiger partial charge in [0.05, 0.1) is 49.8 Å². The molecule has 0 aromatic rings. The molecule has 7 aliphatic rings. The van der Waals surface area contributed by atoms with Crippen molar-refractivity contribution in [2.45, 2.75) is 204 Å². The minimum Gasteiger partial charge on any atom is -0.462 e. The molecule has 0 radical (unpaired) electrons. The van der Waals surface area contributed by atoms with Crippen molar-refractivity contribution in [3.05, 3.63) is 47.1 Å². The number of aliphatic hydroxyl groups is 3. The summed E-state index contributed by atoms with van der Waals surface area (Å²) < 4.78 is 73.4. The molecule has 17 heteroatoms. The van der Waals surface area contributed by atoms with Gasteiger partial charge in [0, 0.05) is 52.2 Å². The molecule has 5 saturated heterocycles. The van der Waals surface area contributed by atoms with Crippen LogP contribution in [0.2, 0.25) is 0 Å². The predicted octanol–water partition coefficient (Wildman–Crippen LogP) is 5.75. The van der Waals surface area contributed by atoms with Crippen molar-refractivity contribution < 1.29 is 81.8 Å². The van der Waals surface area contributed by atoms with E-state index in [9.17, 15) is 24.9 Å². The Kier molecular flexibility index (Phi) is 17.7. The van der Waals surface area contributed by atoms with Crippen LogP contribution in [0.3, 0.4) is 0 Å². The van der Waals surface area contributed by atoms with Gasteiger partial charge in [-0.2, -0.15) is 0 Å². The smallest absolute Gasteiger partial charge is 0.462 e. The van der Waals surface area contributed by atoms with Gasteiger partial charge in [0.25, 0.3) is 0 Å². The number of rotatable bonds is 11. The predicted molar refractivity (Wildman–Crippen MR) is 245 cm³/mol. The molecule has 7 rings (SSSR count). The highest BCUT2D eigenvalue weighted by molar-refractivity contribution is 5.78. The fourth-order valence-electron chi connectivity index (χ4n) is 11.2. The van der Waals surface area contributed by atoms with E-state index < -0.39 is 109 Å². The molecule has 2 bridgehead atoms. The number of ether oxygens (including phenoxy) is 12. The first-order valence-electron chi connectivity index (χ1n) is 24.9. The largest absolute Gasteiger partial charge is 0.508 e. The zero-order valence-electron chi connectivity index (χ0n) is 41.6. The van der Waals surface area contributed by atoms with E-state index >= 15 is 0 Å². The summed E-state index contributed by atoms with van der Waals surface area (Å²) in [4.78, 5) is 27.8. The first-order valence-corrected chi connectivity index (χ1v) is 24.9. The van der Waals surface area contributed by atoms with Gasteiger partial charge in [-0.15, -0.1) is 0 Å². The van der Waals surface area contributed by atoms with Crippen molar-refractivity contribution >= 4 is 12.1 Å². The van der Waals surface area contributed by atoms with Crippen LogP contribution in [0.25, 0.3) is 0 Å². The number of hydrogen-bond acceptors (Lipinski definition) is 17. The summed E-state index contributed by atoms with van der Waals surface area (Å²) in [6, 6.07) is 0.